The SMILES string of the molecule is O=C(O)c1cc(C(F)(F)F)ccc1I.[Na+].[O-]Cl. The van der Waals surface area contributed by atoms with Crippen LogP contribution in [0.1, 0.15) is 15.9 Å². The Labute approximate surface area is 136 Å². The fourth-order valence-corrected chi connectivity index (χ4v) is 1.43. The molecular formula is C8H4ClF3INaO3. The molecule has 0 amide bonds. The molecule has 9 heteroatoms. The smallest absolute Gasteiger partial charge is 0.769 e. The quantitative estimate of drug-likeness (QED) is 0.520. The number of halogens is 5. The first kappa shape index (κ1) is 19.8. The Morgan fingerprint density at radius 2 is 1.82 bits per heavy atom. The van der Waals surface area contributed by atoms with Gasteiger partial charge >= 0.3 is 41.7 Å². The predicted molar refractivity (Wildman–Crippen MR) is 57.0 cm³/mol. The van der Waals surface area contributed by atoms with Crippen LogP contribution >= 0.6 is 34.5 Å². The van der Waals surface area contributed by atoms with Gasteiger partial charge in [-0.1, -0.05) is 0 Å². The largest absolute Gasteiger partial charge is 1.00 e. The molecule has 0 aliphatic heterocycles. The summed E-state index contributed by atoms with van der Waals surface area (Å²) in [4.78, 5) is 10.5. The molecule has 0 aromatic heterocycles. The van der Waals surface area contributed by atoms with Crippen molar-refractivity contribution in [1.82, 2.24) is 0 Å². The first-order chi connectivity index (χ1) is 7.32. The molecule has 0 atom stereocenters. The van der Waals surface area contributed by atoms with Crippen molar-refractivity contribution in [3.63, 3.8) is 0 Å². The van der Waals surface area contributed by atoms with Gasteiger partial charge in [0.2, 0.25) is 0 Å². The van der Waals surface area contributed by atoms with E-state index in [9.17, 15) is 18.0 Å². The summed E-state index contributed by atoms with van der Waals surface area (Å²) >= 11 is 5.06. The molecule has 0 aliphatic carbocycles. The first-order valence-electron chi connectivity index (χ1n) is 3.58. The number of carboxylic acid groups (broad SMARTS) is 1. The summed E-state index contributed by atoms with van der Waals surface area (Å²) in [6, 6.07) is 2.62. The maximum absolute atomic E-state index is 12.2. The second-order valence-electron chi connectivity index (χ2n) is 2.50. The third kappa shape index (κ3) is 6.25. The minimum absolute atomic E-state index is 0. The van der Waals surface area contributed by atoms with Gasteiger partial charge in [0.1, 0.15) is 0 Å². The van der Waals surface area contributed by atoms with Crippen LogP contribution in [0.25, 0.3) is 0 Å². The average molecular weight is 390 g/mol. The molecule has 1 aromatic rings. The minimum atomic E-state index is -4.51. The van der Waals surface area contributed by atoms with Gasteiger partial charge in [-0.15, -0.1) is 0 Å². The van der Waals surface area contributed by atoms with Crippen LogP contribution in [0, 0.1) is 3.57 Å². The predicted octanol–water partition coefficient (Wildman–Crippen LogP) is -0.487. The molecule has 0 spiro atoms. The average Bonchev–Trinajstić information content (AvgIpc) is 2.19. The number of benzene rings is 1. The van der Waals surface area contributed by atoms with E-state index < -0.39 is 17.7 Å². The van der Waals surface area contributed by atoms with Crippen LogP contribution in [0.2, 0.25) is 0 Å². The summed E-state index contributed by atoms with van der Waals surface area (Å²) in [5.74, 6) is -1.36. The van der Waals surface area contributed by atoms with E-state index >= 15 is 0 Å². The van der Waals surface area contributed by atoms with E-state index in [4.69, 9.17) is 9.77 Å². The van der Waals surface area contributed by atoms with E-state index in [2.05, 4.69) is 11.9 Å². The van der Waals surface area contributed by atoms with Crippen LogP contribution < -0.4 is 34.2 Å². The fraction of sp³-hybridized carbons (Fsp3) is 0.125. The molecule has 3 nitrogen and oxygen atoms in total. The number of aromatic carboxylic acids is 1. The van der Waals surface area contributed by atoms with Crippen molar-refractivity contribution >= 4 is 40.4 Å². The van der Waals surface area contributed by atoms with E-state index in [1.54, 1.807) is 22.6 Å². The zero-order valence-corrected chi connectivity index (χ0v) is 13.3. The van der Waals surface area contributed by atoms with Gasteiger partial charge in [-0.05, 0) is 40.8 Å². The van der Waals surface area contributed by atoms with E-state index in [-0.39, 0.29) is 38.7 Å². The molecule has 17 heavy (non-hydrogen) atoms. The van der Waals surface area contributed by atoms with Gasteiger partial charge in [-0.2, -0.15) is 13.2 Å². The topological polar surface area (TPSA) is 60.4 Å². The number of hydrogen-bond donors (Lipinski definition) is 1. The molecule has 1 rings (SSSR count). The van der Waals surface area contributed by atoms with Gasteiger partial charge in [-0.25, -0.2) is 16.7 Å². The molecular weight excluding hydrogens is 386 g/mol. The Balaban J connectivity index is 0. The van der Waals surface area contributed by atoms with Crippen molar-refractivity contribution < 1.29 is 57.3 Å². The van der Waals surface area contributed by atoms with E-state index in [0.717, 1.165) is 12.1 Å². The summed E-state index contributed by atoms with van der Waals surface area (Å²) in [5.41, 5.74) is -1.28. The van der Waals surface area contributed by atoms with Gasteiger partial charge in [0.25, 0.3) is 0 Å². The Morgan fingerprint density at radius 1 is 1.35 bits per heavy atom. The summed E-state index contributed by atoms with van der Waals surface area (Å²) < 4.78 is 44.5. The normalized spacial score (nSPS) is 9.76. The standard InChI is InChI=1S/C8H4F3IO2.ClO.Na/c9-8(10,11)4-1-2-6(12)5(3-4)7(13)14;1-2;/h1-3H,(H,13,14);;/q;-1;+1. The number of alkyl halides is 3. The van der Waals surface area contributed by atoms with Crippen LogP contribution in [0.5, 0.6) is 0 Å². The number of carbonyl (C=O) groups is 1. The van der Waals surface area contributed by atoms with Crippen molar-refractivity contribution in [2.45, 2.75) is 6.18 Å². The Bertz CT molecular complexity index is 387. The Morgan fingerprint density at radius 3 is 2.18 bits per heavy atom. The van der Waals surface area contributed by atoms with Crippen molar-refractivity contribution in [2.75, 3.05) is 0 Å². The maximum Gasteiger partial charge on any atom is 1.00 e. The van der Waals surface area contributed by atoms with Gasteiger partial charge in [0.05, 0.1) is 11.1 Å². The maximum atomic E-state index is 12.2. The molecule has 0 saturated heterocycles. The molecule has 1 N–H and O–H groups in total. The van der Waals surface area contributed by atoms with Crippen molar-refractivity contribution in [3.8, 4) is 0 Å². The van der Waals surface area contributed by atoms with E-state index in [1.807, 2.05) is 0 Å². The second kappa shape index (κ2) is 8.54. The van der Waals surface area contributed by atoms with Gasteiger partial charge in [0.15, 0.2) is 0 Å². The molecule has 0 heterocycles. The molecule has 0 bridgehead atoms. The number of rotatable bonds is 1. The third-order valence-corrected chi connectivity index (χ3v) is 2.46. The van der Waals surface area contributed by atoms with Gasteiger partial charge in [0, 0.05) is 3.57 Å². The van der Waals surface area contributed by atoms with Crippen LogP contribution in [0.3, 0.4) is 0 Å². The molecule has 1 aromatic carbocycles. The van der Waals surface area contributed by atoms with Crippen molar-refractivity contribution in [3.05, 3.63) is 32.9 Å². The zero-order chi connectivity index (χ0) is 12.9. The zero-order valence-electron chi connectivity index (χ0n) is 8.39. The number of hydrogen-bond acceptors (Lipinski definition) is 2. The van der Waals surface area contributed by atoms with Crippen LogP contribution in [0.15, 0.2) is 18.2 Å². The summed E-state index contributed by atoms with van der Waals surface area (Å²) in [7, 11) is 0. The third-order valence-electron chi connectivity index (χ3n) is 1.52. The van der Waals surface area contributed by atoms with Crippen LogP contribution in [-0.2, 0) is 6.18 Å². The van der Waals surface area contributed by atoms with E-state index in [0.29, 0.717) is 6.07 Å². The molecule has 0 aliphatic rings. The molecule has 0 radical (unpaired) electrons. The molecule has 90 valence electrons. The fourth-order valence-electron chi connectivity index (χ4n) is 0.865. The second-order valence-corrected chi connectivity index (χ2v) is 3.66. The summed E-state index contributed by atoms with van der Waals surface area (Å²) in [5, 5.41) is 8.58. The van der Waals surface area contributed by atoms with Crippen molar-refractivity contribution in [1.29, 1.82) is 0 Å². The Kier molecular flexibility index (Phi) is 9.95. The van der Waals surface area contributed by atoms with Crippen molar-refractivity contribution in [2.24, 2.45) is 0 Å². The molecule has 0 fully saturated rings. The number of carboxylic acids is 1. The molecule has 0 unspecified atom stereocenters. The molecule has 0 saturated carbocycles. The van der Waals surface area contributed by atoms with Crippen LogP contribution in [-0.4, -0.2) is 11.1 Å². The monoisotopic (exact) mass is 390 g/mol. The summed E-state index contributed by atoms with van der Waals surface area (Å²) in [6.45, 7) is 0. The summed E-state index contributed by atoms with van der Waals surface area (Å²) in [6.07, 6.45) is -4.51. The van der Waals surface area contributed by atoms with Gasteiger partial charge < -0.3 is 9.77 Å². The first-order valence-corrected chi connectivity index (χ1v) is 4.96. The van der Waals surface area contributed by atoms with E-state index in [1.165, 1.54) is 0 Å². The Hall–Kier alpha value is 0.460. The van der Waals surface area contributed by atoms with Crippen LogP contribution in [0.4, 0.5) is 13.2 Å². The van der Waals surface area contributed by atoms with Gasteiger partial charge in [-0.3, -0.25) is 0 Å². The minimum Gasteiger partial charge on any atom is -0.769 e.